The number of rotatable bonds is 8. The lowest BCUT2D eigenvalue weighted by atomic mass is 10.3. The Kier molecular flexibility index (Phi) is 7.08. The number of hydrogen-bond donors (Lipinski definition) is 2. The number of nitrogens with zero attached hydrogens (tertiary/aromatic N) is 4. The minimum atomic E-state index is -0.277. The second-order valence-electron chi connectivity index (χ2n) is 7.32. The fraction of sp³-hybridized carbons (Fsp3) is 0.318. The van der Waals surface area contributed by atoms with Gasteiger partial charge in [-0.1, -0.05) is 18.2 Å². The molecule has 4 rings (SSSR count). The molecule has 0 atom stereocenters. The van der Waals surface area contributed by atoms with Crippen molar-refractivity contribution in [2.75, 3.05) is 57.0 Å². The Morgan fingerprint density at radius 3 is 2.74 bits per heavy atom. The molecule has 0 aliphatic carbocycles. The number of anilines is 3. The third kappa shape index (κ3) is 6.00. The summed E-state index contributed by atoms with van der Waals surface area (Å²) < 4.78 is 5.98. The lowest BCUT2D eigenvalue weighted by Crippen LogP contribution is -2.45. The van der Waals surface area contributed by atoms with Gasteiger partial charge in [-0.15, -0.1) is 11.3 Å². The maximum Gasteiger partial charge on any atom is 0.275 e. The quantitative estimate of drug-likeness (QED) is 0.559. The Bertz CT molecular complexity index is 988. The van der Waals surface area contributed by atoms with Crippen LogP contribution < -0.4 is 15.4 Å². The Balaban J connectivity index is 1.32. The van der Waals surface area contributed by atoms with E-state index in [-0.39, 0.29) is 5.91 Å². The van der Waals surface area contributed by atoms with Gasteiger partial charge in [-0.05, 0) is 31.3 Å². The van der Waals surface area contributed by atoms with Gasteiger partial charge in [0.15, 0.2) is 5.13 Å². The van der Waals surface area contributed by atoms with Crippen molar-refractivity contribution in [2.45, 2.75) is 0 Å². The van der Waals surface area contributed by atoms with Crippen molar-refractivity contribution in [3.8, 4) is 5.75 Å². The maximum atomic E-state index is 12.7. The third-order valence-corrected chi connectivity index (χ3v) is 5.79. The van der Waals surface area contributed by atoms with E-state index in [1.807, 2.05) is 42.5 Å². The molecule has 9 heteroatoms. The zero-order chi connectivity index (χ0) is 21.5. The Hall–Kier alpha value is -3.01. The molecule has 0 saturated carbocycles. The predicted octanol–water partition coefficient (Wildman–Crippen LogP) is 3.16. The van der Waals surface area contributed by atoms with E-state index in [0.29, 0.717) is 34.7 Å². The molecule has 1 aliphatic rings. The lowest BCUT2D eigenvalue weighted by Gasteiger charge is -2.32. The largest absolute Gasteiger partial charge is 0.490 e. The van der Waals surface area contributed by atoms with Gasteiger partial charge in [-0.3, -0.25) is 9.69 Å². The molecule has 0 spiro atoms. The van der Waals surface area contributed by atoms with Gasteiger partial charge in [0, 0.05) is 44.3 Å². The number of thiazole rings is 1. The average Bonchev–Trinajstić information content (AvgIpc) is 3.26. The monoisotopic (exact) mass is 438 g/mol. The number of carbonyl (C=O) groups is 1. The van der Waals surface area contributed by atoms with Crippen LogP contribution in [0.15, 0.2) is 54.0 Å². The second kappa shape index (κ2) is 10.3. The van der Waals surface area contributed by atoms with Crippen molar-refractivity contribution in [3.63, 3.8) is 0 Å². The molecule has 8 nitrogen and oxygen atoms in total. The molecule has 2 N–H and O–H groups in total. The van der Waals surface area contributed by atoms with E-state index in [2.05, 4.69) is 37.4 Å². The van der Waals surface area contributed by atoms with Gasteiger partial charge in [0.2, 0.25) is 0 Å². The van der Waals surface area contributed by atoms with Crippen LogP contribution >= 0.6 is 11.3 Å². The molecule has 0 radical (unpaired) electrons. The molecular formula is C22H26N6O2S. The molecule has 1 amide bonds. The third-order valence-electron chi connectivity index (χ3n) is 5.03. The topological polar surface area (TPSA) is 82.6 Å². The van der Waals surface area contributed by atoms with E-state index < -0.39 is 0 Å². The molecule has 3 aromatic rings. The van der Waals surface area contributed by atoms with Crippen LogP contribution in [0, 0.1) is 0 Å². The minimum Gasteiger partial charge on any atom is -0.490 e. The molecule has 0 unspecified atom stereocenters. The van der Waals surface area contributed by atoms with E-state index >= 15 is 0 Å². The molecule has 162 valence electrons. The van der Waals surface area contributed by atoms with Gasteiger partial charge in [-0.2, -0.15) is 0 Å². The lowest BCUT2D eigenvalue weighted by molar-refractivity contribution is 0.102. The molecule has 0 bridgehead atoms. The Morgan fingerprint density at radius 2 is 1.94 bits per heavy atom. The smallest absolute Gasteiger partial charge is 0.275 e. The first-order valence-electron chi connectivity index (χ1n) is 10.2. The van der Waals surface area contributed by atoms with E-state index in [9.17, 15) is 4.79 Å². The van der Waals surface area contributed by atoms with Crippen molar-refractivity contribution in [2.24, 2.45) is 0 Å². The standard InChI is InChI=1S/C22H26N6O2S/c1-27-10-12-28(13-11-27)14-15-30-19-7-3-2-6-17(19)24-21(29)18-16-31-22(25-18)26-20-8-4-5-9-23-20/h2-9,16H,10-15H2,1H3,(H,24,29)(H,23,25,26). The first kappa shape index (κ1) is 21.2. The minimum absolute atomic E-state index is 0.277. The van der Waals surface area contributed by atoms with Gasteiger partial charge in [0.1, 0.15) is 23.9 Å². The summed E-state index contributed by atoms with van der Waals surface area (Å²) in [5, 5.41) is 8.35. The zero-order valence-corrected chi connectivity index (χ0v) is 18.3. The van der Waals surface area contributed by atoms with Crippen LogP contribution in [-0.4, -0.2) is 72.1 Å². The number of piperazine rings is 1. The van der Waals surface area contributed by atoms with Crippen LogP contribution in [0.3, 0.4) is 0 Å². The summed E-state index contributed by atoms with van der Waals surface area (Å²) in [5.74, 6) is 1.07. The van der Waals surface area contributed by atoms with Crippen LogP contribution in [0.4, 0.5) is 16.6 Å². The van der Waals surface area contributed by atoms with Crippen molar-refractivity contribution in [3.05, 3.63) is 59.7 Å². The molecule has 31 heavy (non-hydrogen) atoms. The van der Waals surface area contributed by atoms with Crippen LogP contribution in [0.2, 0.25) is 0 Å². The number of benzene rings is 1. The average molecular weight is 439 g/mol. The van der Waals surface area contributed by atoms with E-state index in [0.717, 1.165) is 32.7 Å². The fourth-order valence-electron chi connectivity index (χ4n) is 3.22. The highest BCUT2D eigenvalue weighted by molar-refractivity contribution is 7.14. The van der Waals surface area contributed by atoms with Crippen LogP contribution in [0.5, 0.6) is 5.75 Å². The molecule has 3 heterocycles. The first-order chi connectivity index (χ1) is 15.2. The van der Waals surface area contributed by atoms with Crippen molar-refractivity contribution >= 4 is 33.9 Å². The van der Waals surface area contributed by atoms with Gasteiger partial charge in [-0.25, -0.2) is 9.97 Å². The zero-order valence-electron chi connectivity index (χ0n) is 17.5. The summed E-state index contributed by atoms with van der Waals surface area (Å²) >= 11 is 1.35. The first-order valence-corrected chi connectivity index (χ1v) is 11.1. The molecule has 1 aromatic carbocycles. The number of carbonyl (C=O) groups excluding carboxylic acids is 1. The number of amides is 1. The van der Waals surface area contributed by atoms with Gasteiger partial charge in [0.05, 0.1) is 5.69 Å². The number of para-hydroxylation sites is 2. The fourth-order valence-corrected chi connectivity index (χ4v) is 3.92. The van der Waals surface area contributed by atoms with Crippen molar-refractivity contribution in [1.82, 2.24) is 19.8 Å². The van der Waals surface area contributed by atoms with Crippen LogP contribution in [0.1, 0.15) is 10.5 Å². The number of nitrogens with one attached hydrogen (secondary N) is 2. The number of ether oxygens (including phenoxy) is 1. The number of pyridine rings is 1. The van der Waals surface area contributed by atoms with E-state index in [1.54, 1.807) is 11.6 Å². The van der Waals surface area contributed by atoms with Gasteiger partial charge in [0.25, 0.3) is 5.91 Å². The summed E-state index contributed by atoms with van der Waals surface area (Å²) in [4.78, 5) is 26.0. The van der Waals surface area contributed by atoms with Gasteiger partial charge < -0.3 is 20.3 Å². The molecule has 1 fully saturated rings. The van der Waals surface area contributed by atoms with Gasteiger partial charge >= 0.3 is 0 Å². The number of hydrogen-bond acceptors (Lipinski definition) is 8. The SMILES string of the molecule is CN1CCN(CCOc2ccccc2NC(=O)c2csc(Nc3ccccn3)n2)CC1. The summed E-state index contributed by atoms with van der Waals surface area (Å²) in [6.45, 7) is 5.71. The molecule has 2 aromatic heterocycles. The highest BCUT2D eigenvalue weighted by atomic mass is 32.1. The van der Waals surface area contributed by atoms with Crippen LogP contribution in [-0.2, 0) is 0 Å². The molecule has 1 saturated heterocycles. The Morgan fingerprint density at radius 1 is 1.13 bits per heavy atom. The summed E-state index contributed by atoms with van der Waals surface area (Å²) in [5.41, 5.74) is 0.980. The highest BCUT2D eigenvalue weighted by Gasteiger charge is 2.15. The summed E-state index contributed by atoms with van der Waals surface area (Å²) in [7, 11) is 2.15. The van der Waals surface area contributed by atoms with Crippen LogP contribution in [0.25, 0.3) is 0 Å². The van der Waals surface area contributed by atoms with E-state index in [4.69, 9.17) is 4.74 Å². The summed E-state index contributed by atoms with van der Waals surface area (Å²) in [6.07, 6.45) is 1.70. The molecular weight excluding hydrogens is 412 g/mol. The Labute approximate surface area is 185 Å². The number of aromatic nitrogens is 2. The predicted molar refractivity (Wildman–Crippen MR) is 123 cm³/mol. The van der Waals surface area contributed by atoms with E-state index in [1.165, 1.54) is 11.3 Å². The summed E-state index contributed by atoms with van der Waals surface area (Å²) in [6, 6.07) is 13.1. The highest BCUT2D eigenvalue weighted by Crippen LogP contribution is 2.25. The number of likely N-dealkylation sites (N-methyl/N-ethyl adjacent to an activating group) is 1. The second-order valence-corrected chi connectivity index (χ2v) is 8.18. The molecule has 1 aliphatic heterocycles. The van der Waals surface area contributed by atoms with Crippen molar-refractivity contribution < 1.29 is 9.53 Å². The maximum absolute atomic E-state index is 12.7. The normalized spacial score (nSPS) is 14.9. The van der Waals surface area contributed by atoms with Crippen molar-refractivity contribution in [1.29, 1.82) is 0 Å².